The second-order valence-corrected chi connectivity index (χ2v) is 7.18. The Labute approximate surface area is 228 Å². The molecule has 15 nitrogen and oxygen atoms in total. The van der Waals surface area contributed by atoms with Gasteiger partial charge in [0.15, 0.2) is 5.78 Å². The lowest BCUT2D eigenvalue weighted by atomic mass is 10.1. The van der Waals surface area contributed by atoms with Crippen LogP contribution in [-0.4, -0.2) is 120 Å². The average Bonchev–Trinajstić information content (AvgIpc) is 2.93. The molecule has 0 aromatic heterocycles. The Morgan fingerprint density at radius 2 is 1.21 bits per heavy atom. The maximum Gasteiger partial charge on any atom is 0.305 e. The van der Waals surface area contributed by atoms with Crippen molar-refractivity contribution in [2.75, 3.05) is 73.6 Å². The van der Waals surface area contributed by atoms with Gasteiger partial charge in [-0.2, -0.15) is 0 Å². The number of Topliss-reactive ketones (excluding diaryl/α,β-unsaturated/α-hetero) is 2. The monoisotopic (exact) mass is 568 g/mol. The van der Waals surface area contributed by atoms with Gasteiger partial charge in [-0.25, -0.2) is 5.48 Å². The number of ketones is 2. The zero-order valence-corrected chi connectivity index (χ0v) is 23.1. The predicted octanol–water partition coefficient (Wildman–Crippen LogP) is -0.294. The van der Waals surface area contributed by atoms with Crippen molar-refractivity contribution in [2.24, 2.45) is 0 Å². The third-order valence-corrected chi connectivity index (χ3v) is 4.10. The van der Waals surface area contributed by atoms with Crippen LogP contribution in [0.5, 0.6) is 0 Å². The molecule has 0 aliphatic carbocycles. The number of carbonyl (C=O) groups excluding carboxylic acids is 5. The Bertz CT molecular complexity index is 660. The van der Waals surface area contributed by atoms with Crippen LogP contribution in [0.2, 0.25) is 0 Å². The van der Waals surface area contributed by atoms with E-state index in [1.54, 1.807) is 14.2 Å². The molecule has 0 bridgehead atoms. The number of carbonyl (C=O) groups is 6. The first-order valence-corrected chi connectivity index (χ1v) is 12.3. The molecular formula is C24H44N2O13. The quantitative estimate of drug-likeness (QED) is 0.0410. The van der Waals surface area contributed by atoms with Gasteiger partial charge in [0.2, 0.25) is 17.6 Å². The van der Waals surface area contributed by atoms with Crippen molar-refractivity contribution < 1.29 is 62.8 Å². The summed E-state index contributed by atoms with van der Waals surface area (Å²) >= 11 is 0. The summed E-state index contributed by atoms with van der Waals surface area (Å²) in [5.74, 6) is -2.85. The maximum atomic E-state index is 11.4. The third kappa shape index (κ3) is 37.4. The van der Waals surface area contributed by atoms with Crippen molar-refractivity contribution in [2.45, 2.75) is 45.4 Å². The van der Waals surface area contributed by atoms with Crippen LogP contribution in [0.15, 0.2) is 0 Å². The van der Waals surface area contributed by atoms with Gasteiger partial charge < -0.3 is 38.9 Å². The first kappa shape index (κ1) is 40.7. The van der Waals surface area contributed by atoms with E-state index in [4.69, 9.17) is 29.3 Å². The molecule has 0 aliphatic heterocycles. The molecule has 0 radical (unpaired) electrons. The zero-order chi connectivity index (χ0) is 30.2. The van der Waals surface area contributed by atoms with E-state index in [1.165, 1.54) is 5.48 Å². The van der Waals surface area contributed by atoms with Gasteiger partial charge in [0.05, 0.1) is 59.3 Å². The third-order valence-electron chi connectivity index (χ3n) is 4.10. The number of hydrogen-bond donors (Lipinski definition) is 4. The number of hydrogen-bond acceptors (Lipinski definition) is 12. The minimum Gasteiger partial charge on any atom is -0.481 e. The van der Waals surface area contributed by atoms with Crippen molar-refractivity contribution in [1.82, 2.24) is 10.8 Å². The van der Waals surface area contributed by atoms with E-state index in [9.17, 15) is 28.8 Å². The van der Waals surface area contributed by atoms with Crippen molar-refractivity contribution in [1.29, 1.82) is 0 Å². The normalized spacial score (nSPS) is 9.74. The van der Waals surface area contributed by atoms with Crippen molar-refractivity contribution in [3.05, 3.63) is 0 Å². The fourth-order valence-corrected chi connectivity index (χ4v) is 2.03. The number of amides is 2. The number of nitrogens with one attached hydrogen (secondary N) is 2. The Balaban J connectivity index is -0.000000593. The van der Waals surface area contributed by atoms with E-state index in [2.05, 4.69) is 10.1 Å². The summed E-state index contributed by atoms with van der Waals surface area (Å²) in [6.07, 6.45) is 0.957. The fraction of sp³-hybridized carbons (Fsp3) is 0.750. The molecule has 39 heavy (non-hydrogen) atoms. The molecular weight excluding hydrogens is 524 g/mol. The first-order chi connectivity index (χ1) is 18.7. The Hall–Kier alpha value is -2.82. The number of ether oxygens (including phenoxy) is 5. The molecule has 0 fully saturated rings. The van der Waals surface area contributed by atoms with Gasteiger partial charge in [-0.15, -0.1) is 0 Å². The summed E-state index contributed by atoms with van der Waals surface area (Å²) in [6, 6.07) is 0. The maximum absolute atomic E-state index is 11.4. The SMILES string of the molecule is CCOCCOCCOCCC(=O)C(=O)CCC(=O)NO.CNC(=O)CCC=O.COCCOCCC(=O)O. The molecule has 2 amide bonds. The van der Waals surface area contributed by atoms with Gasteiger partial charge in [0.25, 0.3) is 0 Å². The standard InChI is InChI=1S/C13H23NO7.C6H12O4.C5H9NO2/c1-2-19-7-8-21-10-9-20-6-5-12(16)11(15)3-4-13(17)14-18;1-9-4-5-10-3-2-6(7)8;1-6-5(8)3-2-4-7/h18H,2-10H2,1H3,(H,14,17);2-5H2,1H3,(H,7,8);4H,2-3H2,1H3,(H,6,8). The van der Waals surface area contributed by atoms with E-state index < -0.39 is 23.4 Å². The molecule has 0 heterocycles. The van der Waals surface area contributed by atoms with Crippen LogP contribution in [0.25, 0.3) is 0 Å². The molecule has 0 spiro atoms. The zero-order valence-electron chi connectivity index (χ0n) is 23.1. The topological polar surface area (TPSA) is 213 Å². The van der Waals surface area contributed by atoms with Crippen LogP contribution in [-0.2, 0) is 52.5 Å². The van der Waals surface area contributed by atoms with Crippen LogP contribution in [0.3, 0.4) is 0 Å². The predicted molar refractivity (Wildman–Crippen MR) is 136 cm³/mol. The summed E-state index contributed by atoms with van der Waals surface area (Å²) < 4.78 is 25.0. The molecule has 0 saturated heterocycles. The van der Waals surface area contributed by atoms with Crippen LogP contribution < -0.4 is 10.8 Å². The van der Waals surface area contributed by atoms with Crippen LogP contribution in [0, 0.1) is 0 Å². The lowest BCUT2D eigenvalue weighted by Gasteiger charge is -2.05. The second-order valence-electron chi connectivity index (χ2n) is 7.18. The fourth-order valence-electron chi connectivity index (χ4n) is 2.03. The molecule has 4 N–H and O–H groups in total. The average molecular weight is 569 g/mol. The largest absolute Gasteiger partial charge is 0.481 e. The van der Waals surface area contributed by atoms with E-state index in [0.29, 0.717) is 59.1 Å². The van der Waals surface area contributed by atoms with E-state index in [0.717, 1.165) is 6.29 Å². The van der Waals surface area contributed by atoms with E-state index in [-0.39, 0.29) is 44.8 Å². The minimum absolute atomic E-state index is 0.0292. The highest BCUT2D eigenvalue weighted by atomic mass is 16.5. The molecule has 0 saturated carbocycles. The van der Waals surface area contributed by atoms with Crippen LogP contribution in [0.1, 0.15) is 45.4 Å². The number of rotatable bonds is 23. The van der Waals surface area contributed by atoms with Crippen molar-refractivity contribution in [3.8, 4) is 0 Å². The summed E-state index contributed by atoms with van der Waals surface area (Å²) in [5, 5.41) is 18.8. The molecule has 15 heteroatoms. The number of hydroxylamine groups is 1. The van der Waals surface area contributed by atoms with Gasteiger partial charge in [-0.05, 0) is 6.92 Å². The second kappa shape index (κ2) is 33.2. The van der Waals surface area contributed by atoms with Crippen LogP contribution in [0.4, 0.5) is 0 Å². The highest BCUT2D eigenvalue weighted by Gasteiger charge is 2.14. The van der Waals surface area contributed by atoms with Gasteiger partial charge in [-0.1, -0.05) is 0 Å². The Morgan fingerprint density at radius 3 is 1.69 bits per heavy atom. The number of aldehydes is 1. The molecule has 0 rings (SSSR count). The van der Waals surface area contributed by atoms with Crippen molar-refractivity contribution in [3.63, 3.8) is 0 Å². The molecule has 0 aliphatic rings. The summed E-state index contributed by atoms with van der Waals surface area (Å²) in [4.78, 5) is 63.3. The van der Waals surface area contributed by atoms with Gasteiger partial charge in [-0.3, -0.25) is 29.2 Å². The van der Waals surface area contributed by atoms with Crippen LogP contribution >= 0.6 is 0 Å². The van der Waals surface area contributed by atoms with Gasteiger partial charge >= 0.3 is 5.97 Å². The number of methoxy groups -OCH3 is 1. The first-order valence-electron chi connectivity index (χ1n) is 12.3. The number of carboxylic acid groups (broad SMARTS) is 1. The highest BCUT2D eigenvalue weighted by molar-refractivity contribution is 6.37. The lowest BCUT2D eigenvalue weighted by molar-refractivity contribution is -0.138. The van der Waals surface area contributed by atoms with E-state index in [1.807, 2.05) is 6.92 Å². The lowest BCUT2D eigenvalue weighted by Crippen LogP contribution is -2.22. The molecule has 0 aromatic carbocycles. The minimum atomic E-state index is -0.836. The summed E-state index contributed by atoms with van der Waals surface area (Å²) in [7, 11) is 3.12. The Kier molecular flexibility index (Phi) is 34.6. The van der Waals surface area contributed by atoms with E-state index >= 15 is 0 Å². The summed E-state index contributed by atoms with van der Waals surface area (Å²) in [6.45, 7) is 5.67. The molecule has 0 atom stereocenters. The highest BCUT2D eigenvalue weighted by Crippen LogP contribution is 1.96. The number of aliphatic carboxylic acids is 1. The molecule has 228 valence electrons. The van der Waals surface area contributed by atoms with Gasteiger partial charge in [0.1, 0.15) is 6.29 Å². The molecule has 0 unspecified atom stereocenters. The Morgan fingerprint density at radius 1 is 0.692 bits per heavy atom. The molecule has 0 aromatic rings. The van der Waals surface area contributed by atoms with Gasteiger partial charge in [0, 0.05) is 52.9 Å². The number of carboxylic acids is 1. The van der Waals surface area contributed by atoms with Crippen molar-refractivity contribution >= 4 is 35.6 Å². The summed E-state index contributed by atoms with van der Waals surface area (Å²) in [5.41, 5.74) is 1.39. The smallest absolute Gasteiger partial charge is 0.305 e.